The zero-order valence-electron chi connectivity index (χ0n) is 17.8. The molecule has 0 aliphatic rings. The van der Waals surface area contributed by atoms with Crippen molar-refractivity contribution in [3.63, 3.8) is 0 Å². The van der Waals surface area contributed by atoms with Crippen molar-refractivity contribution in [1.82, 2.24) is 24.3 Å². The van der Waals surface area contributed by atoms with Crippen LogP contribution in [-0.4, -0.2) is 30.2 Å². The summed E-state index contributed by atoms with van der Waals surface area (Å²) in [5.74, 6) is 1.03. The molecular weight excluding hydrogens is 416 g/mol. The van der Waals surface area contributed by atoms with Crippen LogP contribution in [0.2, 0.25) is 0 Å². The number of anilines is 1. The van der Waals surface area contributed by atoms with Crippen molar-refractivity contribution in [2.75, 3.05) is 5.32 Å². The van der Waals surface area contributed by atoms with Gasteiger partial charge in [0.15, 0.2) is 0 Å². The maximum absolute atomic E-state index is 12.8. The van der Waals surface area contributed by atoms with Crippen molar-refractivity contribution in [1.29, 1.82) is 0 Å². The number of rotatable bonds is 6. The van der Waals surface area contributed by atoms with Gasteiger partial charge in [-0.1, -0.05) is 12.1 Å². The molecule has 3 heterocycles. The fourth-order valence-electron chi connectivity index (χ4n) is 3.38. The Morgan fingerprint density at radius 1 is 1.00 bits per heavy atom. The van der Waals surface area contributed by atoms with Crippen LogP contribution < -0.4 is 10.1 Å². The van der Waals surface area contributed by atoms with Crippen LogP contribution >= 0.6 is 0 Å². The Bertz CT molecular complexity index is 1410. The molecule has 0 aliphatic heterocycles. The number of hydrogen-bond donors (Lipinski definition) is 1. The summed E-state index contributed by atoms with van der Waals surface area (Å²) in [7, 11) is 1.86. The normalized spacial score (nSPS) is 10.7. The second kappa shape index (κ2) is 8.80. The molecule has 2 aromatic carbocycles. The second-order valence-corrected chi connectivity index (χ2v) is 7.38. The molecule has 0 saturated carbocycles. The highest BCUT2D eigenvalue weighted by molar-refractivity contribution is 6.04. The molecule has 0 radical (unpaired) electrons. The van der Waals surface area contributed by atoms with E-state index in [1.165, 1.54) is 0 Å². The van der Waals surface area contributed by atoms with Gasteiger partial charge in [0, 0.05) is 66.5 Å². The van der Waals surface area contributed by atoms with E-state index in [2.05, 4.69) is 20.4 Å². The summed E-state index contributed by atoms with van der Waals surface area (Å²) < 4.78 is 9.59. The van der Waals surface area contributed by atoms with Crippen LogP contribution in [0, 0.1) is 0 Å². The third kappa shape index (κ3) is 4.64. The van der Waals surface area contributed by atoms with Crippen molar-refractivity contribution in [3.8, 4) is 28.4 Å². The lowest BCUT2D eigenvalue weighted by atomic mass is 10.1. The zero-order valence-corrected chi connectivity index (χ0v) is 17.8. The lowest BCUT2D eigenvalue weighted by Crippen LogP contribution is -2.12. The van der Waals surface area contributed by atoms with Crippen molar-refractivity contribution < 1.29 is 9.53 Å². The van der Waals surface area contributed by atoms with Gasteiger partial charge in [0.2, 0.25) is 0 Å². The molecule has 0 spiro atoms. The Balaban J connectivity index is 1.31. The zero-order chi connectivity index (χ0) is 22.6. The molecule has 0 atom stereocenters. The molecule has 0 unspecified atom stereocenters. The van der Waals surface area contributed by atoms with Gasteiger partial charge >= 0.3 is 0 Å². The predicted octanol–water partition coefficient (Wildman–Crippen LogP) is 4.71. The fraction of sp³-hybridized carbons (Fsp3) is 0.0400. The van der Waals surface area contributed by atoms with Gasteiger partial charge in [0.1, 0.15) is 11.5 Å². The van der Waals surface area contributed by atoms with Crippen LogP contribution in [-0.2, 0) is 7.05 Å². The number of pyridine rings is 1. The summed E-state index contributed by atoms with van der Waals surface area (Å²) in [4.78, 5) is 21.2. The van der Waals surface area contributed by atoms with Crippen LogP contribution in [0.1, 0.15) is 10.4 Å². The number of nitrogens with zero attached hydrogens (tertiary/aromatic N) is 5. The fourth-order valence-corrected chi connectivity index (χ4v) is 3.38. The van der Waals surface area contributed by atoms with Gasteiger partial charge < -0.3 is 14.6 Å². The summed E-state index contributed by atoms with van der Waals surface area (Å²) >= 11 is 0. The first-order valence-electron chi connectivity index (χ1n) is 10.3. The number of nitrogens with one attached hydrogen (secondary N) is 1. The monoisotopic (exact) mass is 436 g/mol. The molecule has 5 aromatic rings. The largest absolute Gasteiger partial charge is 0.457 e. The average molecular weight is 436 g/mol. The van der Waals surface area contributed by atoms with E-state index in [1.54, 1.807) is 47.8 Å². The third-order valence-electron chi connectivity index (χ3n) is 4.97. The minimum atomic E-state index is -0.211. The lowest BCUT2D eigenvalue weighted by Gasteiger charge is -2.10. The van der Waals surface area contributed by atoms with Gasteiger partial charge in [-0.15, -0.1) is 0 Å². The highest BCUT2D eigenvalue weighted by atomic mass is 16.5. The van der Waals surface area contributed by atoms with Gasteiger partial charge in [-0.3, -0.25) is 14.5 Å². The van der Waals surface area contributed by atoms with Gasteiger partial charge in [0.25, 0.3) is 5.91 Å². The summed E-state index contributed by atoms with van der Waals surface area (Å²) in [6, 6.07) is 18.2. The van der Waals surface area contributed by atoms with E-state index in [1.807, 2.05) is 66.5 Å². The first kappa shape index (κ1) is 20.2. The maximum Gasteiger partial charge on any atom is 0.255 e. The van der Waals surface area contributed by atoms with E-state index in [4.69, 9.17) is 4.74 Å². The number of carbonyl (C=O) groups is 1. The van der Waals surface area contributed by atoms with Crippen molar-refractivity contribution in [2.45, 2.75) is 0 Å². The number of ether oxygens (including phenoxy) is 1. The van der Waals surface area contributed by atoms with Crippen LogP contribution in [0.3, 0.4) is 0 Å². The van der Waals surface area contributed by atoms with E-state index in [-0.39, 0.29) is 5.91 Å². The molecule has 1 amide bonds. The molecule has 8 nitrogen and oxygen atoms in total. The lowest BCUT2D eigenvalue weighted by molar-refractivity contribution is 0.102. The van der Waals surface area contributed by atoms with Crippen molar-refractivity contribution in [2.24, 2.45) is 7.05 Å². The summed E-state index contributed by atoms with van der Waals surface area (Å²) in [5, 5.41) is 7.11. The first-order chi connectivity index (χ1) is 16.1. The third-order valence-corrected chi connectivity index (χ3v) is 4.97. The maximum atomic E-state index is 12.8. The predicted molar refractivity (Wildman–Crippen MR) is 124 cm³/mol. The standard InChI is InChI=1S/C25H20N6O2/c1-30-16-19(15-28-30)24-14-23(8-9-27-24)33-22-7-3-5-20(13-22)29-25(32)18-4-2-6-21(12-18)31-11-10-26-17-31/h2-17H,1H3,(H,29,32). The van der Waals surface area contributed by atoms with E-state index in [0.717, 1.165) is 16.9 Å². The molecule has 0 bridgehead atoms. The summed E-state index contributed by atoms with van der Waals surface area (Å²) in [6.45, 7) is 0. The Kier molecular flexibility index (Phi) is 5.38. The van der Waals surface area contributed by atoms with Crippen LogP contribution in [0.5, 0.6) is 11.5 Å². The quantitative estimate of drug-likeness (QED) is 0.416. The number of aryl methyl sites for hydroxylation is 1. The average Bonchev–Trinajstić information content (AvgIpc) is 3.52. The molecule has 3 aromatic heterocycles. The highest BCUT2D eigenvalue weighted by Gasteiger charge is 2.09. The highest BCUT2D eigenvalue weighted by Crippen LogP contribution is 2.27. The van der Waals surface area contributed by atoms with Gasteiger partial charge in [-0.05, 0) is 36.4 Å². The number of imidazole rings is 1. The van der Waals surface area contributed by atoms with E-state index in [0.29, 0.717) is 22.7 Å². The Morgan fingerprint density at radius 3 is 2.70 bits per heavy atom. The number of benzene rings is 2. The SMILES string of the molecule is Cn1cc(-c2cc(Oc3cccc(NC(=O)c4cccc(-n5ccnc5)c4)c3)ccn2)cn1. The van der Waals surface area contributed by atoms with Crippen LogP contribution in [0.25, 0.3) is 16.9 Å². The Hall–Kier alpha value is -4.72. The van der Waals surface area contributed by atoms with E-state index in [9.17, 15) is 4.79 Å². The van der Waals surface area contributed by atoms with Gasteiger partial charge in [0.05, 0.1) is 18.2 Å². The van der Waals surface area contributed by atoms with E-state index >= 15 is 0 Å². The minimum Gasteiger partial charge on any atom is -0.457 e. The molecule has 0 aliphatic carbocycles. The topological polar surface area (TPSA) is 86.9 Å². The van der Waals surface area contributed by atoms with Crippen LogP contribution in [0.15, 0.2) is 98.0 Å². The number of aromatic nitrogens is 5. The number of carbonyl (C=O) groups excluding carboxylic acids is 1. The van der Waals surface area contributed by atoms with Crippen molar-refractivity contribution >= 4 is 11.6 Å². The number of amides is 1. The molecule has 1 N–H and O–H groups in total. The minimum absolute atomic E-state index is 0.211. The summed E-state index contributed by atoms with van der Waals surface area (Å²) in [6.07, 6.45) is 10.6. The molecule has 0 fully saturated rings. The Morgan fingerprint density at radius 2 is 1.88 bits per heavy atom. The molecule has 162 valence electrons. The molecule has 0 saturated heterocycles. The molecule has 5 rings (SSSR count). The second-order valence-electron chi connectivity index (χ2n) is 7.38. The van der Waals surface area contributed by atoms with E-state index < -0.39 is 0 Å². The molecular formula is C25H20N6O2. The van der Waals surface area contributed by atoms with Gasteiger partial charge in [-0.25, -0.2) is 4.98 Å². The Labute approximate surface area is 190 Å². The van der Waals surface area contributed by atoms with Crippen LogP contribution in [0.4, 0.5) is 5.69 Å². The molecule has 8 heteroatoms. The van der Waals surface area contributed by atoms with Crippen molar-refractivity contribution in [3.05, 3.63) is 104 Å². The van der Waals surface area contributed by atoms with Gasteiger partial charge in [-0.2, -0.15) is 5.10 Å². The smallest absolute Gasteiger partial charge is 0.255 e. The first-order valence-corrected chi connectivity index (χ1v) is 10.3. The summed E-state index contributed by atoms with van der Waals surface area (Å²) in [5.41, 5.74) is 3.71. The molecule has 33 heavy (non-hydrogen) atoms. The number of hydrogen-bond acceptors (Lipinski definition) is 5.